The SMILES string of the molecule is O=C(NC1CC1)c1cc(F)cc(Br)c1NC(=O)[C@H]1CCCCO1. The van der Waals surface area contributed by atoms with Gasteiger partial charge in [0.15, 0.2) is 0 Å². The molecule has 0 bridgehead atoms. The van der Waals surface area contributed by atoms with E-state index in [0.29, 0.717) is 17.5 Å². The van der Waals surface area contributed by atoms with Gasteiger partial charge in [0.2, 0.25) is 0 Å². The lowest BCUT2D eigenvalue weighted by Gasteiger charge is -2.22. The molecule has 2 fully saturated rings. The normalized spacial score (nSPS) is 20.9. The minimum absolute atomic E-state index is 0.118. The van der Waals surface area contributed by atoms with Crippen LogP contribution >= 0.6 is 15.9 Å². The maximum Gasteiger partial charge on any atom is 0.253 e. The molecule has 1 saturated heterocycles. The first-order valence-electron chi connectivity index (χ1n) is 7.77. The lowest BCUT2D eigenvalue weighted by molar-refractivity contribution is -0.129. The first-order chi connectivity index (χ1) is 11.0. The zero-order chi connectivity index (χ0) is 16.4. The Labute approximate surface area is 142 Å². The van der Waals surface area contributed by atoms with E-state index in [1.54, 1.807) is 0 Å². The summed E-state index contributed by atoms with van der Waals surface area (Å²) in [5.74, 6) is -1.23. The molecule has 1 aromatic carbocycles. The average molecular weight is 385 g/mol. The van der Waals surface area contributed by atoms with Gasteiger partial charge in [-0.15, -0.1) is 0 Å². The molecule has 124 valence electrons. The Kier molecular flexibility index (Phi) is 4.96. The molecule has 2 N–H and O–H groups in total. The molecule has 1 aromatic rings. The molecule has 1 aliphatic heterocycles. The molecule has 23 heavy (non-hydrogen) atoms. The smallest absolute Gasteiger partial charge is 0.253 e. The Morgan fingerprint density at radius 2 is 2.00 bits per heavy atom. The van der Waals surface area contributed by atoms with E-state index in [2.05, 4.69) is 26.6 Å². The molecule has 2 aliphatic rings. The number of hydrogen-bond donors (Lipinski definition) is 2. The number of nitrogens with one attached hydrogen (secondary N) is 2. The standard InChI is InChI=1S/C16H18BrFN2O3/c17-12-8-9(18)7-11(15(21)19-10-4-5-10)14(12)20-16(22)13-3-1-2-6-23-13/h7-8,10,13H,1-6H2,(H,19,21)(H,20,22)/t13-/m1/s1. The highest BCUT2D eigenvalue weighted by molar-refractivity contribution is 9.10. The quantitative estimate of drug-likeness (QED) is 0.838. The van der Waals surface area contributed by atoms with Crippen LogP contribution in [0.3, 0.4) is 0 Å². The van der Waals surface area contributed by atoms with Crippen molar-refractivity contribution in [2.75, 3.05) is 11.9 Å². The van der Waals surface area contributed by atoms with Gasteiger partial charge in [0, 0.05) is 17.1 Å². The first kappa shape index (κ1) is 16.4. The topological polar surface area (TPSA) is 67.4 Å². The number of amides is 2. The van der Waals surface area contributed by atoms with Gasteiger partial charge in [-0.3, -0.25) is 9.59 Å². The monoisotopic (exact) mass is 384 g/mol. The third-order valence-corrected chi connectivity index (χ3v) is 4.56. The van der Waals surface area contributed by atoms with Gasteiger partial charge in [0.1, 0.15) is 11.9 Å². The van der Waals surface area contributed by atoms with Crippen molar-refractivity contribution in [2.45, 2.75) is 44.2 Å². The van der Waals surface area contributed by atoms with Gasteiger partial charge in [-0.1, -0.05) is 0 Å². The van der Waals surface area contributed by atoms with Crippen molar-refractivity contribution in [3.8, 4) is 0 Å². The lowest BCUT2D eigenvalue weighted by atomic mass is 10.1. The van der Waals surface area contributed by atoms with Crippen molar-refractivity contribution in [1.29, 1.82) is 0 Å². The summed E-state index contributed by atoms with van der Waals surface area (Å²) >= 11 is 3.23. The average Bonchev–Trinajstić information content (AvgIpc) is 3.34. The van der Waals surface area contributed by atoms with Crippen molar-refractivity contribution in [3.63, 3.8) is 0 Å². The van der Waals surface area contributed by atoms with Crippen LogP contribution in [0.1, 0.15) is 42.5 Å². The third kappa shape index (κ3) is 4.09. The molecule has 1 aliphatic carbocycles. The van der Waals surface area contributed by atoms with Gasteiger partial charge in [-0.2, -0.15) is 0 Å². The van der Waals surface area contributed by atoms with Gasteiger partial charge >= 0.3 is 0 Å². The van der Waals surface area contributed by atoms with Crippen molar-refractivity contribution in [1.82, 2.24) is 5.32 Å². The van der Waals surface area contributed by atoms with E-state index in [1.807, 2.05) is 0 Å². The van der Waals surface area contributed by atoms with Crippen molar-refractivity contribution in [3.05, 3.63) is 28.0 Å². The summed E-state index contributed by atoms with van der Waals surface area (Å²) in [6.45, 7) is 0.553. The number of anilines is 1. The molecular weight excluding hydrogens is 367 g/mol. The molecule has 0 radical (unpaired) electrons. The molecule has 1 atom stereocenters. The summed E-state index contributed by atoms with van der Waals surface area (Å²) in [6.07, 6.45) is 3.85. The summed E-state index contributed by atoms with van der Waals surface area (Å²) < 4.78 is 19.5. The Morgan fingerprint density at radius 3 is 2.65 bits per heavy atom. The number of halogens is 2. The Bertz CT molecular complexity index is 628. The third-order valence-electron chi connectivity index (χ3n) is 3.93. The largest absolute Gasteiger partial charge is 0.368 e. The fourth-order valence-electron chi connectivity index (χ4n) is 2.52. The second-order valence-corrected chi connectivity index (χ2v) is 6.76. The highest BCUT2D eigenvalue weighted by Gasteiger charge is 2.28. The second-order valence-electron chi connectivity index (χ2n) is 5.90. The molecule has 2 amide bonds. The number of carbonyl (C=O) groups is 2. The molecule has 0 aromatic heterocycles. The van der Waals surface area contributed by atoms with E-state index in [9.17, 15) is 14.0 Å². The summed E-state index contributed by atoms with van der Waals surface area (Å²) in [4.78, 5) is 24.6. The first-order valence-corrected chi connectivity index (χ1v) is 8.56. The van der Waals surface area contributed by atoms with Crippen molar-refractivity contribution < 1.29 is 18.7 Å². The van der Waals surface area contributed by atoms with E-state index in [0.717, 1.165) is 31.7 Å². The number of hydrogen-bond acceptors (Lipinski definition) is 3. The maximum atomic E-state index is 13.7. The molecule has 7 heteroatoms. The minimum atomic E-state index is -0.537. The molecule has 0 spiro atoms. The van der Waals surface area contributed by atoms with E-state index in [4.69, 9.17) is 4.74 Å². The van der Waals surface area contributed by atoms with Gasteiger partial charge in [0.05, 0.1) is 11.3 Å². The molecule has 1 saturated carbocycles. The zero-order valence-corrected chi connectivity index (χ0v) is 14.1. The summed E-state index contributed by atoms with van der Waals surface area (Å²) in [7, 11) is 0. The molecule has 0 unspecified atom stereocenters. The highest BCUT2D eigenvalue weighted by atomic mass is 79.9. The number of ether oxygens (including phenoxy) is 1. The highest BCUT2D eigenvalue weighted by Crippen LogP contribution is 2.30. The van der Waals surface area contributed by atoms with Gasteiger partial charge in [-0.25, -0.2) is 4.39 Å². The molecule has 3 rings (SSSR count). The number of carbonyl (C=O) groups excluding carboxylic acids is 2. The second kappa shape index (κ2) is 6.97. The van der Waals surface area contributed by atoms with Crippen molar-refractivity contribution >= 4 is 33.4 Å². The molecule has 1 heterocycles. The van der Waals surface area contributed by atoms with Crippen LogP contribution in [0.15, 0.2) is 16.6 Å². The van der Waals surface area contributed by atoms with Crippen LogP contribution in [0.2, 0.25) is 0 Å². The molecular formula is C16H18BrFN2O3. The van der Waals surface area contributed by atoms with E-state index in [1.165, 1.54) is 6.07 Å². The van der Waals surface area contributed by atoms with E-state index >= 15 is 0 Å². The lowest BCUT2D eigenvalue weighted by Crippen LogP contribution is -2.34. The summed E-state index contributed by atoms with van der Waals surface area (Å²) in [5.41, 5.74) is 0.400. The predicted octanol–water partition coefficient (Wildman–Crippen LogP) is 2.99. The van der Waals surface area contributed by atoms with Gasteiger partial charge in [-0.05, 0) is 60.2 Å². The van der Waals surface area contributed by atoms with Crippen LogP contribution in [0, 0.1) is 5.82 Å². The Hall–Kier alpha value is -1.47. The molecule has 5 nitrogen and oxygen atoms in total. The Balaban J connectivity index is 1.81. The Morgan fingerprint density at radius 1 is 1.22 bits per heavy atom. The van der Waals surface area contributed by atoms with Gasteiger partial charge in [0.25, 0.3) is 11.8 Å². The van der Waals surface area contributed by atoms with Crippen LogP contribution in [0.4, 0.5) is 10.1 Å². The van der Waals surface area contributed by atoms with E-state index < -0.39 is 11.9 Å². The van der Waals surface area contributed by atoms with E-state index in [-0.39, 0.29) is 29.1 Å². The van der Waals surface area contributed by atoms with Gasteiger partial charge < -0.3 is 15.4 Å². The number of benzene rings is 1. The van der Waals surface area contributed by atoms with Crippen LogP contribution in [0.5, 0.6) is 0 Å². The van der Waals surface area contributed by atoms with Crippen LogP contribution < -0.4 is 10.6 Å². The fraction of sp³-hybridized carbons (Fsp3) is 0.500. The zero-order valence-electron chi connectivity index (χ0n) is 12.5. The van der Waals surface area contributed by atoms with Crippen LogP contribution in [0.25, 0.3) is 0 Å². The summed E-state index contributed by atoms with van der Waals surface area (Å²) in [5, 5.41) is 5.52. The van der Waals surface area contributed by atoms with Crippen molar-refractivity contribution in [2.24, 2.45) is 0 Å². The van der Waals surface area contributed by atoms with Crippen LogP contribution in [-0.2, 0) is 9.53 Å². The van der Waals surface area contributed by atoms with Crippen LogP contribution in [-0.4, -0.2) is 30.6 Å². The minimum Gasteiger partial charge on any atom is -0.368 e. The summed E-state index contributed by atoms with van der Waals surface area (Å²) in [6, 6.07) is 2.51. The number of rotatable bonds is 4. The fourth-order valence-corrected chi connectivity index (χ4v) is 3.05. The maximum absolute atomic E-state index is 13.7. The predicted molar refractivity (Wildman–Crippen MR) is 86.8 cm³/mol.